The number of esters is 1. The number of aliphatic carboxylic acids is 1. The molecule has 2 aliphatic carbocycles. The largest absolute Gasteiger partial charge is 0.511 e. The van der Waals surface area contributed by atoms with Crippen molar-refractivity contribution in [3.8, 4) is 0 Å². The molecule has 2 fully saturated rings. The molecule has 1 amide bonds. The van der Waals surface area contributed by atoms with Crippen LogP contribution < -0.4 is 5.32 Å². The van der Waals surface area contributed by atoms with E-state index in [9.17, 15) is 29.4 Å². The van der Waals surface area contributed by atoms with Crippen LogP contribution in [0.15, 0.2) is 77.0 Å². The summed E-state index contributed by atoms with van der Waals surface area (Å²) in [6.45, 7) is 13.3. The average Bonchev–Trinajstić information content (AvgIpc) is 3.86. The van der Waals surface area contributed by atoms with Gasteiger partial charge in [0, 0.05) is 23.3 Å². The molecule has 0 aromatic carbocycles. The lowest BCUT2D eigenvalue weighted by Crippen LogP contribution is -2.52. The minimum atomic E-state index is -1.50. The first kappa shape index (κ1) is 44.1. The van der Waals surface area contributed by atoms with Crippen LogP contribution in [0.25, 0.3) is 0 Å². The Morgan fingerprint density at radius 2 is 1.82 bits per heavy atom. The van der Waals surface area contributed by atoms with Crippen LogP contribution in [0.4, 0.5) is 0 Å². The van der Waals surface area contributed by atoms with Gasteiger partial charge in [0.15, 0.2) is 11.5 Å². The number of rotatable bonds is 7. The molecule has 11 nitrogen and oxygen atoms in total. The molecular formula is C44H56Cl2N2O9. The summed E-state index contributed by atoms with van der Waals surface area (Å²) in [7, 11) is 0. The predicted octanol–water partition coefficient (Wildman–Crippen LogP) is 9.72. The fourth-order valence-electron chi connectivity index (χ4n) is 9.29. The monoisotopic (exact) mass is 826 g/mol. The van der Waals surface area contributed by atoms with Crippen molar-refractivity contribution in [1.29, 1.82) is 0 Å². The summed E-state index contributed by atoms with van der Waals surface area (Å²) in [5.74, 6) is -4.03. The molecule has 0 spiro atoms. The SMILES string of the molecule is CC.CCC1CCC(=O)/C2=C(/O)[C@]3(CC)C(C=CC4C3CC[C@H](C)[C@@H]4OC3OC3=C(C)NC(=O)c3[nH]c(Cl)cc3Cl)C/C=C/C/C=C/[C@@](C)(/C=C\1C(=O)O)OC2=O. The number of ketones is 1. The number of carboxylic acid groups (broad SMARTS) is 1. The number of Topliss-reactive ketones (excluding diaryl/α,β-unsaturated/α-hetero) is 1. The van der Waals surface area contributed by atoms with E-state index in [1.54, 1.807) is 19.9 Å². The number of epoxide rings is 1. The number of H-pyrrole nitrogens is 1. The number of allylic oxidation sites excluding steroid dienone is 6. The highest BCUT2D eigenvalue weighted by Crippen LogP contribution is 2.59. The molecule has 310 valence electrons. The maximum atomic E-state index is 14.3. The van der Waals surface area contributed by atoms with E-state index in [1.165, 1.54) is 12.1 Å². The molecule has 3 aliphatic heterocycles. The van der Waals surface area contributed by atoms with E-state index in [-0.39, 0.29) is 75.4 Å². The molecule has 1 aromatic heterocycles. The first-order valence-corrected chi connectivity index (χ1v) is 20.9. The van der Waals surface area contributed by atoms with Crippen LogP contribution in [0.2, 0.25) is 10.2 Å². The second kappa shape index (κ2) is 18.2. The van der Waals surface area contributed by atoms with Crippen LogP contribution in [0.5, 0.6) is 0 Å². The number of ether oxygens (including phenoxy) is 3. The van der Waals surface area contributed by atoms with Gasteiger partial charge in [0.05, 0.1) is 16.8 Å². The number of carbonyl (C=O) groups is 4. The zero-order valence-corrected chi connectivity index (χ0v) is 35.3. The zero-order valence-electron chi connectivity index (χ0n) is 33.8. The highest BCUT2D eigenvalue weighted by Gasteiger charge is 2.57. The molecule has 4 N–H and O–H groups in total. The Bertz CT molecular complexity index is 1920. The summed E-state index contributed by atoms with van der Waals surface area (Å²) in [6, 6.07) is 1.45. The number of hydrogen-bond donors (Lipinski definition) is 4. The van der Waals surface area contributed by atoms with Crippen molar-refractivity contribution in [1.82, 2.24) is 10.3 Å². The Hall–Kier alpha value is -4.06. The number of amides is 1. The van der Waals surface area contributed by atoms with E-state index in [0.29, 0.717) is 43.6 Å². The van der Waals surface area contributed by atoms with Gasteiger partial charge in [-0.05, 0) is 101 Å². The smallest absolute Gasteiger partial charge is 0.346 e. The van der Waals surface area contributed by atoms with Crippen LogP contribution in [-0.4, -0.2) is 56.8 Å². The lowest BCUT2D eigenvalue weighted by atomic mass is 9.51. The van der Waals surface area contributed by atoms with E-state index in [4.69, 9.17) is 37.4 Å². The van der Waals surface area contributed by atoms with Crippen molar-refractivity contribution in [2.45, 2.75) is 118 Å². The lowest BCUT2D eigenvalue weighted by Gasteiger charge is -2.54. The van der Waals surface area contributed by atoms with E-state index >= 15 is 0 Å². The number of nitrogens with one attached hydrogen (secondary N) is 2. The van der Waals surface area contributed by atoms with Crippen LogP contribution in [0.3, 0.4) is 0 Å². The van der Waals surface area contributed by atoms with Gasteiger partial charge in [-0.2, -0.15) is 0 Å². The minimum Gasteiger partial charge on any atom is -0.511 e. The molecule has 2 bridgehead atoms. The summed E-state index contributed by atoms with van der Waals surface area (Å²) in [4.78, 5) is 56.6. The Morgan fingerprint density at radius 3 is 2.47 bits per heavy atom. The van der Waals surface area contributed by atoms with Gasteiger partial charge in [-0.25, -0.2) is 9.59 Å². The molecular weight excluding hydrogens is 771 g/mol. The standard InChI is InChI=1S/C42H50Cl2N2O9.C2H6/c1-6-24-14-18-30(47)32-36(48)42(7-2)25(12-10-8-9-11-19-41(5,55-39(32)52)21-27(24)38(50)51)15-16-26-28(42)17-13-22(3)34(26)53-40-35(54-40)23(4)45-37(49)33-29(43)20-31(44)46-33;1-2/h8,10-11,15-16,19-22,24-26,28,34,40,46,48H,6-7,9,12-14,17-18H2,1-5H3,(H,45,49)(H,50,51);1-2H3/b10-8+,19-11+,27-21+,35-23?,36-32-;/t22-,24?,25?,26?,28?,34-,40?,41-,42+;/m0./s1. The third-order valence-electron chi connectivity index (χ3n) is 12.2. The van der Waals surface area contributed by atoms with Crippen molar-refractivity contribution in [2.75, 3.05) is 0 Å². The maximum Gasteiger partial charge on any atom is 0.346 e. The fourth-order valence-corrected chi connectivity index (χ4v) is 9.79. The number of carboxylic acids is 1. The van der Waals surface area contributed by atoms with Crippen LogP contribution in [0, 0.1) is 35.0 Å². The maximum absolute atomic E-state index is 14.3. The highest BCUT2D eigenvalue weighted by atomic mass is 35.5. The molecule has 0 radical (unpaired) electrons. The van der Waals surface area contributed by atoms with Crippen LogP contribution in [0.1, 0.15) is 110 Å². The Balaban J connectivity index is 0.00000305. The molecule has 4 heterocycles. The molecule has 9 atom stereocenters. The molecule has 1 saturated heterocycles. The summed E-state index contributed by atoms with van der Waals surface area (Å²) in [5.41, 5.74) is -2.22. The van der Waals surface area contributed by atoms with Crippen LogP contribution >= 0.6 is 23.2 Å². The van der Waals surface area contributed by atoms with Crippen molar-refractivity contribution in [3.63, 3.8) is 0 Å². The quantitative estimate of drug-likeness (QED) is 0.0906. The zero-order chi connectivity index (χ0) is 41.8. The number of fused-ring (bicyclic) bond motifs is 6. The van der Waals surface area contributed by atoms with E-state index in [2.05, 4.69) is 35.5 Å². The van der Waals surface area contributed by atoms with Crippen molar-refractivity contribution < 1.29 is 43.6 Å². The number of aromatic amines is 1. The van der Waals surface area contributed by atoms with Crippen molar-refractivity contribution in [2.24, 2.45) is 35.0 Å². The molecule has 5 unspecified atom stereocenters. The Morgan fingerprint density at radius 1 is 1.09 bits per heavy atom. The first-order valence-electron chi connectivity index (χ1n) is 20.2. The summed E-state index contributed by atoms with van der Waals surface area (Å²) in [5, 5.41) is 26.1. The van der Waals surface area contributed by atoms with Gasteiger partial charge in [-0.1, -0.05) is 88.2 Å². The van der Waals surface area contributed by atoms with Gasteiger partial charge in [0.1, 0.15) is 27.8 Å². The minimum absolute atomic E-state index is 0.0875. The second-order valence-electron chi connectivity index (χ2n) is 15.6. The van der Waals surface area contributed by atoms with Gasteiger partial charge in [0.25, 0.3) is 12.2 Å². The Labute approximate surface area is 345 Å². The summed E-state index contributed by atoms with van der Waals surface area (Å²) in [6.07, 6.45) is 15.6. The molecule has 5 aliphatic rings. The topological polar surface area (TPSA) is 168 Å². The van der Waals surface area contributed by atoms with E-state index in [0.717, 1.165) is 6.42 Å². The van der Waals surface area contributed by atoms with Crippen LogP contribution in [-0.2, 0) is 28.6 Å². The Kier molecular flexibility index (Phi) is 14.1. The molecule has 1 aromatic rings. The number of aliphatic hydroxyl groups is 1. The van der Waals surface area contributed by atoms with Gasteiger partial charge in [-0.3, -0.25) is 9.59 Å². The normalized spacial score (nSPS) is 36.7. The average molecular weight is 828 g/mol. The van der Waals surface area contributed by atoms with E-state index in [1.807, 2.05) is 39.8 Å². The first-order chi connectivity index (χ1) is 27.1. The fraction of sp³-hybridized carbons (Fsp3) is 0.545. The number of carbonyl (C=O) groups excluding carboxylic acids is 3. The lowest BCUT2D eigenvalue weighted by molar-refractivity contribution is -0.148. The number of aromatic nitrogens is 1. The number of aliphatic hydroxyl groups excluding tert-OH is 1. The second-order valence-corrected chi connectivity index (χ2v) is 16.4. The van der Waals surface area contributed by atoms with Gasteiger partial charge in [0.2, 0.25) is 0 Å². The molecule has 57 heavy (non-hydrogen) atoms. The van der Waals surface area contributed by atoms with Gasteiger partial charge >= 0.3 is 11.9 Å². The molecule has 13 heteroatoms. The predicted molar refractivity (Wildman–Crippen MR) is 218 cm³/mol. The third kappa shape index (κ3) is 9.00. The molecule has 1 saturated carbocycles. The highest BCUT2D eigenvalue weighted by molar-refractivity contribution is 6.36. The van der Waals surface area contributed by atoms with Crippen molar-refractivity contribution in [3.05, 3.63) is 92.8 Å². The van der Waals surface area contributed by atoms with Crippen molar-refractivity contribution >= 4 is 46.8 Å². The molecule has 6 rings (SSSR count). The number of hydrogen-bond acceptors (Lipinski definition) is 8. The summed E-state index contributed by atoms with van der Waals surface area (Å²) >= 11 is 12.1. The number of halogens is 2. The van der Waals surface area contributed by atoms with Gasteiger partial charge < -0.3 is 34.7 Å². The third-order valence-corrected chi connectivity index (χ3v) is 12.7. The van der Waals surface area contributed by atoms with Gasteiger partial charge in [-0.15, -0.1) is 0 Å². The van der Waals surface area contributed by atoms with E-state index < -0.39 is 46.9 Å². The summed E-state index contributed by atoms with van der Waals surface area (Å²) < 4.78 is 18.6.